The fourth-order valence-corrected chi connectivity index (χ4v) is 3.39. The molecular formula is C18H29ClN4O3. The zero-order valence-electron chi connectivity index (χ0n) is 15.7. The molecule has 4 N–H and O–H groups in total. The van der Waals surface area contributed by atoms with Crippen LogP contribution < -0.4 is 21.1 Å². The van der Waals surface area contributed by atoms with E-state index in [1.54, 1.807) is 19.2 Å². The number of nitrogens with zero attached hydrogens (tertiary/aromatic N) is 1. The maximum atomic E-state index is 12.7. The van der Waals surface area contributed by atoms with Crippen molar-refractivity contribution in [3.05, 3.63) is 22.7 Å². The summed E-state index contributed by atoms with van der Waals surface area (Å²) in [6.07, 6.45) is 1.86. The van der Waals surface area contributed by atoms with Gasteiger partial charge in [-0.05, 0) is 39.0 Å². The Morgan fingerprint density at radius 1 is 1.42 bits per heavy atom. The highest BCUT2D eigenvalue weighted by Crippen LogP contribution is 2.29. The number of likely N-dealkylation sites (tertiary alicyclic amines) is 1. The van der Waals surface area contributed by atoms with E-state index in [2.05, 4.69) is 15.5 Å². The summed E-state index contributed by atoms with van der Waals surface area (Å²) in [5.41, 5.74) is 6.54. The summed E-state index contributed by atoms with van der Waals surface area (Å²) in [6.45, 7) is 3.73. The van der Waals surface area contributed by atoms with Gasteiger partial charge in [-0.3, -0.25) is 4.79 Å². The Kier molecular flexibility index (Phi) is 7.96. The second-order valence-electron chi connectivity index (χ2n) is 6.47. The summed E-state index contributed by atoms with van der Waals surface area (Å²) in [4.78, 5) is 15.1. The molecule has 2 atom stereocenters. The third-order valence-corrected chi connectivity index (χ3v) is 5.05. The number of ether oxygens (including phenoxy) is 2. The van der Waals surface area contributed by atoms with Gasteiger partial charge in [-0.2, -0.15) is 0 Å². The van der Waals surface area contributed by atoms with E-state index in [0.29, 0.717) is 22.0 Å². The molecule has 1 aromatic carbocycles. The quantitative estimate of drug-likeness (QED) is 0.463. The SMILES string of the molecule is CNCCCN1CC[C@H](NC(=O)c2cc(Cl)c(N)cc2OC)[C@H](OC)C1. The molecule has 26 heavy (non-hydrogen) atoms. The number of nitrogen functional groups attached to an aromatic ring is 1. The van der Waals surface area contributed by atoms with Crippen LogP contribution in [0.4, 0.5) is 5.69 Å². The van der Waals surface area contributed by atoms with E-state index in [1.807, 2.05) is 7.05 Å². The summed E-state index contributed by atoms with van der Waals surface area (Å²) >= 11 is 6.07. The lowest BCUT2D eigenvalue weighted by Gasteiger charge is -2.38. The maximum absolute atomic E-state index is 12.7. The summed E-state index contributed by atoms with van der Waals surface area (Å²) in [5, 5.41) is 6.55. The lowest BCUT2D eigenvalue weighted by molar-refractivity contribution is 0.00620. The minimum Gasteiger partial charge on any atom is -0.496 e. The van der Waals surface area contributed by atoms with Gasteiger partial charge in [0.1, 0.15) is 5.75 Å². The van der Waals surface area contributed by atoms with Gasteiger partial charge in [-0.25, -0.2) is 0 Å². The van der Waals surface area contributed by atoms with E-state index in [0.717, 1.165) is 39.0 Å². The second-order valence-corrected chi connectivity index (χ2v) is 6.88. The molecule has 1 aromatic rings. The van der Waals surface area contributed by atoms with Crippen LogP contribution in [-0.4, -0.2) is 70.4 Å². The molecule has 0 aromatic heterocycles. The molecule has 1 aliphatic heterocycles. The molecule has 7 nitrogen and oxygen atoms in total. The van der Waals surface area contributed by atoms with Crippen LogP contribution in [0.25, 0.3) is 0 Å². The van der Waals surface area contributed by atoms with E-state index in [9.17, 15) is 4.79 Å². The Hall–Kier alpha value is -1.54. The van der Waals surface area contributed by atoms with E-state index in [1.165, 1.54) is 7.11 Å². The zero-order chi connectivity index (χ0) is 19.1. The van der Waals surface area contributed by atoms with Crippen molar-refractivity contribution < 1.29 is 14.3 Å². The molecule has 1 saturated heterocycles. The topological polar surface area (TPSA) is 88.9 Å². The monoisotopic (exact) mass is 384 g/mol. The number of anilines is 1. The third kappa shape index (κ3) is 5.23. The number of halogens is 1. The van der Waals surface area contributed by atoms with Crippen LogP contribution in [0.1, 0.15) is 23.2 Å². The summed E-state index contributed by atoms with van der Waals surface area (Å²) in [7, 11) is 5.14. The molecule has 8 heteroatoms. The fraction of sp³-hybridized carbons (Fsp3) is 0.611. The molecule has 0 saturated carbocycles. The molecule has 1 heterocycles. The predicted octanol–water partition coefficient (Wildman–Crippen LogP) is 1.36. The molecule has 0 radical (unpaired) electrons. The minimum absolute atomic E-state index is 0.0578. The van der Waals surface area contributed by atoms with Gasteiger partial charge in [0, 0.05) is 26.3 Å². The maximum Gasteiger partial charge on any atom is 0.255 e. The Labute approximate surface area is 160 Å². The van der Waals surface area contributed by atoms with Crippen molar-refractivity contribution in [2.24, 2.45) is 0 Å². The Morgan fingerprint density at radius 3 is 2.85 bits per heavy atom. The van der Waals surface area contributed by atoms with Gasteiger partial charge in [0.2, 0.25) is 0 Å². The van der Waals surface area contributed by atoms with Gasteiger partial charge in [0.05, 0.1) is 35.5 Å². The van der Waals surface area contributed by atoms with Crippen LogP contribution in [0.2, 0.25) is 5.02 Å². The number of hydrogen-bond acceptors (Lipinski definition) is 6. The first-order valence-electron chi connectivity index (χ1n) is 8.83. The van der Waals surface area contributed by atoms with E-state index in [4.69, 9.17) is 26.8 Å². The number of carbonyl (C=O) groups is 1. The third-order valence-electron chi connectivity index (χ3n) is 4.73. The van der Waals surface area contributed by atoms with Gasteiger partial charge in [-0.1, -0.05) is 11.6 Å². The lowest BCUT2D eigenvalue weighted by atomic mass is 10.0. The average molecular weight is 385 g/mol. The smallest absolute Gasteiger partial charge is 0.255 e. The number of piperidine rings is 1. The van der Waals surface area contributed by atoms with Crippen molar-refractivity contribution in [2.75, 3.05) is 53.2 Å². The van der Waals surface area contributed by atoms with Gasteiger partial charge >= 0.3 is 0 Å². The Bertz CT molecular complexity index is 614. The van der Waals surface area contributed by atoms with Gasteiger partial charge < -0.3 is 30.7 Å². The van der Waals surface area contributed by atoms with Crippen LogP contribution >= 0.6 is 11.6 Å². The number of carbonyl (C=O) groups excluding carboxylic acids is 1. The normalized spacial score (nSPS) is 20.8. The number of rotatable bonds is 8. The second kappa shape index (κ2) is 9.97. The summed E-state index contributed by atoms with van der Waals surface area (Å²) in [5.74, 6) is 0.169. The van der Waals surface area contributed by atoms with Crippen molar-refractivity contribution >= 4 is 23.2 Å². The molecule has 146 valence electrons. The molecule has 1 amide bonds. The molecule has 2 rings (SSSR count). The average Bonchev–Trinajstić information content (AvgIpc) is 2.64. The van der Waals surface area contributed by atoms with Crippen LogP contribution in [0, 0.1) is 0 Å². The largest absolute Gasteiger partial charge is 0.496 e. The first-order valence-corrected chi connectivity index (χ1v) is 9.21. The number of hydrogen-bond donors (Lipinski definition) is 3. The van der Waals surface area contributed by atoms with Crippen molar-refractivity contribution in [1.82, 2.24) is 15.5 Å². The molecule has 0 spiro atoms. The summed E-state index contributed by atoms with van der Waals surface area (Å²) < 4.78 is 10.9. The molecule has 1 aliphatic rings. The van der Waals surface area contributed by atoms with E-state index >= 15 is 0 Å². The Morgan fingerprint density at radius 2 is 2.19 bits per heavy atom. The number of benzene rings is 1. The first kappa shape index (κ1) is 20.8. The highest BCUT2D eigenvalue weighted by molar-refractivity contribution is 6.33. The highest BCUT2D eigenvalue weighted by Gasteiger charge is 2.31. The van der Waals surface area contributed by atoms with Crippen molar-refractivity contribution in [2.45, 2.75) is 25.0 Å². The van der Waals surface area contributed by atoms with Crippen LogP contribution in [0.5, 0.6) is 5.75 Å². The fourth-order valence-electron chi connectivity index (χ4n) is 3.23. The zero-order valence-corrected chi connectivity index (χ0v) is 16.4. The molecular weight excluding hydrogens is 356 g/mol. The van der Waals surface area contributed by atoms with Crippen LogP contribution in [-0.2, 0) is 4.74 Å². The summed E-state index contributed by atoms with van der Waals surface area (Å²) in [6, 6.07) is 3.05. The lowest BCUT2D eigenvalue weighted by Crippen LogP contribution is -2.55. The van der Waals surface area contributed by atoms with Crippen molar-refractivity contribution in [3.8, 4) is 5.75 Å². The molecule has 0 bridgehead atoms. The van der Waals surface area contributed by atoms with Crippen LogP contribution in [0.3, 0.4) is 0 Å². The highest BCUT2D eigenvalue weighted by atomic mass is 35.5. The molecule has 1 fully saturated rings. The Balaban J connectivity index is 2.01. The van der Waals surface area contributed by atoms with Crippen LogP contribution in [0.15, 0.2) is 12.1 Å². The van der Waals surface area contributed by atoms with E-state index in [-0.39, 0.29) is 18.1 Å². The van der Waals surface area contributed by atoms with Crippen molar-refractivity contribution in [3.63, 3.8) is 0 Å². The number of methoxy groups -OCH3 is 2. The number of amides is 1. The molecule has 0 unspecified atom stereocenters. The molecule has 0 aliphatic carbocycles. The van der Waals surface area contributed by atoms with Crippen molar-refractivity contribution in [1.29, 1.82) is 0 Å². The van der Waals surface area contributed by atoms with E-state index < -0.39 is 0 Å². The first-order chi connectivity index (χ1) is 12.5. The number of nitrogens with one attached hydrogen (secondary N) is 2. The standard InChI is InChI=1S/C18H29ClN4O3/c1-21-6-4-7-23-8-5-15(17(11-23)26-3)22-18(24)12-9-13(19)14(20)10-16(12)25-2/h9-10,15,17,21H,4-8,11,20H2,1-3H3,(H,22,24)/t15-,17+/m0/s1. The number of nitrogens with two attached hydrogens (primary N) is 1. The minimum atomic E-state index is -0.237. The van der Waals surface area contributed by atoms with Gasteiger partial charge in [0.25, 0.3) is 5.91 Å². The van der Waals surface area contributed by atoms with Gasteiger partial charge in [0.15, 0.2) is 0 Å². The van der Waals surface area contributed by atoms with Gasteiger partial charge in [-0.15, -0.1) is 0 Å². The predicted molar refractivity (Wildman–Crippen MR) is 104 cm³/mol.